The van der Waals surface area contributed by atoms with Gasteiger partial charge in [0.2, 0.25) is 0 Å². The maximum absolute atomic E-state index is 9.55. The number of para-hydroxylation sites is 2. The van der Waals surface area contributed by atoms with Crippen molar-refractivity contribution < 1.29 is 11.3 Å². The summed E-state index contributed by atoms with van der Waals surface area (Å²) in [7, 11) is 0. The van der Waals surface area contributed by atoms with Crippen LogP contribution in [0.1, 0.15) is 63.0 Å². The lowest BCUT2D eigenvalue weighted by Crippen LogP contribution is -2.09. The van der Waals surface area contributed by atoms with E-state index in [1.165, 1.54) is 0 Å². The number of hydrogen-bond acceptors (Lipinski definition) is 2. The molecule has 2 heterocycles. The molecular formula is C44H38N2O. The van der Waals surface area contributed by atoms with Gasteiger partial charge in [-0.1, -0.05) is 119 Å². The van der Waals surface area contributed by atoms with Crippen LogP contribution in [-0.4, -0.2) is 9.55 Å². The van der Waals surface area contributed by atoms with Crippen molar-refractivity contribution in [1.29, 1.82) is 0 Å². The van der Waals surface area contributed by atoms with Gasteiger partial charge >= 0.3 is 0 Å². The van der Waals surface area contributed by atoms with Gasteiger partial charge in [-0.15, -0.1) is 0 Å². The number of fused-ring (bicyclic) bond motifs is 4. The molecule has 0 bridgehead atoms. The second-order valence-corrected chi connectivity index (χ2v) is 12.6. The molecule has 8 rings (SSSR count). The molecule has 0 amide bonds. The molecule has 47 heavy (non-hydrogen) atoms. The number of imidazole rings is 1. The van der Waals surface area contributed by atoms with E-state index in [1.807, 2.05) is 105 Å². The summed E-state index contributed by atoms with van der Waals surface area (Å²) in [5, 5.41) is 1.92. The third-order valence-electron chi connectivity index (χ3n) is 9.04. The molecular weight excluding hydrogens is 572 g/mol. The molecule has 8 aromatic rings. The number of aryl methyl sites for hydroxylation is 1. The Hall–Kier alpha value is -5.41. The Balaban J connectivity index is 1.46. The lowest BCUT2D eigenvalue weighted by molar-refractivity contribution is 0.669. The summed E-state index contributed by atoms with van der Waals surface area (Å²) in [5.74, 6) is -1.72. The first kappa shape index (κ1) is 23.9. The average Bonchev–Trinajstić information content (AvgIpc) is 3.69. The summed E-state index contributed by atoms with van der Waals surface area (Å²) in [4.78, 5) is 5.17. The van der Waals surface area contributed by atoms with Crippen LogP contribution in [-0.2, 0) is 0 Å². The van der Waals surface area contributed by atoms with Crippen molar-refractivity contribution in [3.63, 3.8) is 0 Å². The highest BCUT2D eigenvalue weighted by atomic mass is 16.3. The molecule has 6 aromatic carbocycles. The summed E-state index contributed by atoms with van der Waals surface area (Å²) in [6, 6.07) is 41.6. The minimum Gasteiger partial charge on any atom is -0.455 e. The van der Waals surface area contributed by atoms with E-state index in [1.54, 1.807) is 18.2 Å². The molecule has 0 saturated heterocycles. The highest BCUT2D eigenvalue weighted by Gasteiger charge is 2.25. The second-order valence-electron chi connectivity index (χ2n) is 12.6. The zero-order valence-electron chi connectivity index (χ0n) is 31.9. The fourth-order valence-corrected chi connectivity index (χ4v) is 6.70. The molecule has 3 nitrogen and oxygen atoms in total. The largest absolute Gasteiger partial charge is 0.455 e. The lowest BCUT2D eigenvalue weighted by atomic mass is 9.87. The SMILES string of the molecule is [2H]C([2H])([2H])c1ccc2nc(-c3cccc4c3oc3ccccc34)n(-c3c(C([2H])(C)C)cc(-c4ccc(-c5ccccc5)cc4)cc3C([2H])(C)C)c2c1. The molecule has 230 valence electrons. The van der Waals surface area contributed by atoms with Gasteiger partial charge in [0.25, 0.3) is 0 Å². The van der Waals surface area contributed by atoms with Crippen LogP contribution in [0.4, 0.5) is 0 Å². The fraction of sp³-hybridized carbons (Fsp3) is 0.159. The molecule has 0 radical (unpaired) electrons. The third-order valence-corrected chi connectivity index (χ3v) is 9.04. The Kier molecular flexibility index (Phi) is 5.80. The molecule has 0 unspecified atom stereocenters. The van der Waals surface area contributed by atoms with E-state index < -0.39 is 18.6 Å². The Morgan fingerprint density at radius 2 is 1.28 bits per heavy atom. The highest BCUT2D eigenvalue weighted by Crippen LogP contribution is 2.42. The third kappa shape index (κ3) is 4.94. The summed E-state index contributed by atoms with van der Waals surface area (Å²) >= 11 is 0. The summed E-state index contributed by atoms with van der Waals surface area (Å²) < 4.78 is 52.4. The van der Waals surface area contributed by atoms with Crippen molar-refractivity contribution >= 4 is 33.0 Å². The number of rotatable bonds is 6. The Morgan fingerprint density at radius 1 is 0.638 bits per heavy atom. The minimum absolute atomic E-state index is 0.183. The molecule has 2 aromatic heterocycles. The monoisotopic (exact) mass is 615 g/mol. The number of furan rings is 1. The first-order chi connectivity index (χ1) is 24.7. The molecule has 0 atom stereocenters. The zero-order chi connectivity index (χ0) is 36.6. The number of nitrogens with zero attached hydrogens (tertiary/aromatic N) is 2. The van der Waals surface area contributed by atoms with Crippen LogP contribution in [0.15, 0.2) is 132 Å². The van der Waals surface area contributed by atoms with E-state index in [9.17, 15) is 2.74 Å². The van der Waals surface area contributed by atoms with E-state index in [-0.39, 0.29) is 5.56 Å². The predicted octanol–water partition coefficient (Wildman–Crippen LogP) is 12.5. The number of aromatic nitrogens is 2. The summed E-state index contributed by atoms with van der Waals surface area (Å²) in [6.07, 6.45) is 0. The maximum Gasteiger partial charge on any atom is 0.149 e. The van der Waals surface area contributed by atoms with Crippen molar-refractivity contribution in [3.05, 3.63) is 144 Å². The van der Waals surface area contributed by atoms with E-state index in [2.05, 4.69) is 36.4 Å². The van der Waals surface area contributed by atoms with Crippen LogP contribution in [0, 0.1) is 6.85 Å². The van der Waals surface area contributed by atoms with Crippen molar-refractivity contribution in [2.75, 3.05) is 0 Å². The van der Waals surface area contributed by atoms with Crippen molar-refractivity contribution in [3.8, 4) is 39.3 Å². The minimum atomic E-state index is -2.35. The smallest absolute Gasteiger partial charge is 0.149 e. The van der Waals surface area contributed by atoms with Gasteiger partial charge < -0.3 is 4.42 Å². The topological polar surface area (TPSA) is 31.0 Å². The lowest BCUT2D eigenvalue weighted by Gasteiger charge is -2.24. The molecule has 0 aliphatic heterocycles. The van der Waals surface area contributed by atoms with Crippen molar-refractivity contribution in [2.45, 2.75) is 46.3 Å². The fourth-order valence-electron chi connectivity index (χ4n) is 6.70. The van der Waals surface area contributed by atoms with Gasteiger partial charge in [-0.2, -0.15) is 0 Å². The second kappa shape index (κ2) is 11.4. The first-order valence-electron chi connectivity index (χ1n) is 18.5. The quantitative estimate of drug-likeness (QED) is 0.186. The van der Waals surface area contributed by atoms with Gasteiger partial charge in [-0.25, -0.2) is 4.98 Å². The molecule has 0 N–H and O–H groups in total. The van der Waals surface area contributed by atoms with Gasteiger partial charge in [0.1, 0.15) is 17.0 Å². The number of hydrogen-bond donors (Lipinski definition) is 0. The molecule has 0 saturated carbocycles. The summed E-state index contributed by atoms with van der Waals surface area (Å²) in [5.41, 5.74) is 9.58. The van der Waals surface area contributed by atoms with E-state index >= 15 is 0 Å². The van der Waals surface area contributed by atoms with E-state index in [0.717, 1.165) is 44.2 Å². The average molecular weight is 616 g/mol. The number of benzene rings is 6. The van der Waals surface area contributed by atoms with Gasteiger partial charge in [-0.05, 0) is 94.0 Å². The van der Waals surface area contributed by atoms with Crippen molar-refractivity contribution in [1.82, 2.24) is 9.55 Å². The highest BCUT2D eigenvalue weighted by molar-refractivity contribution is 6.09. The van der Waals surface area contributed by atoms with Crippen LogP contribution in [0.2, 0.25) is 0 Å². The van der Waals surface area contributed by atoms with Gasteiger partial charge in [0.15, 0.2) is 0 Å². The van der Waals surface area contributed by atoms with Crippen LogP contribution < -0.4 is 0 Å². The Morgan fingerprint density at radius 3 is 1.98 bits per heavy atom. The van der Waals surface area contributed by atoms with Crippen LogP contribution in [0.25, 0.3) is 72.3 Å². The zero-order valence-corrected chi connectivity index (χ0v) is 26.9. The normalized spacial score (nSPS) is 14.2. The van der Waals surface area contributed by atoms with Crippen LogP contribution in [0.3, 0.4) is 0 Å². The first-order valence-corrected chi connectivity index (χ1v) is 16.0. The van der Waals surface area contributed by atoms with Gasteiger partial charge in [-0.3, -0.25) is 4.57 Å². The molecule has 0 fully saturated rings. The predicted molar refractivity (Wildman–Crippen MR) is 198 cm³/mol. The van der Waals surface area contributed by atoms with E-state index in [4.69, 9.17) is 13.5 Å². The maximum atomic E-state index is 9.55. The standard InChI is InChI=1S/C44H38N2O/c1-27(2)37-25-33(32-21-19-31(20-22-32)30-12-7-6-8-13-30)26-38(28(3)4)42(37)46-40-24-29(5)18-23-39(40)45-44(46)36-16-11-15-35-34-14-9-10-17-41(34)47-43(35)36/h6-28H,1-5H3/i5D3,27D,28D. The molecule has 3 heteroatoms. The van der Waals surface area contributed by atoms with Crippen molar-refractivity contribution in [2.24, 2.45) is 0 Å². The molecule has 0 aliphatic carbocycles. The van der Waals surface area contributed by atoms with Crippen LogP contribution in [0.5, 0.6) is 0 Å². The van der Waals surface area contributed by atoms with E-state index in [0.29, 0.717) is 39.3 Å². The summed E-state index contributed by atoms with van der Waals surface area (Å²) in [6.45, 7) is 5.04. The Bertz CT molecular complexity index is 2580. The molecule has 0 aliphatic rings. The Labute approximate surface area is 283 Å². The van der Waals surface area contributed by atoms with Gasteiger partial charge in [0, 0.05) is 17.6 Å². The van der Waals surface area contributed by atoms with Crippen LogP contribution >= 0.6 is 0 Å². The molecule has 0 spiro atoms. The van der Waals surface area contributed by atoms with Gasteiger partial charge in [0.05, 0.1) is 22.3 Å².